The average Bonchev–Trinajstić information content (AvgIpc) is 2.94. The Bertz CT molecular complexity index is 928. The number of aromatic hydroxyl groups is 1. The number of amides is 1. The van der Waals surface area contributed by atoms with Crippen molar-refractivity contribution in [2.24, 2.45) is 5.73 Å². The Hall–Kier alpha value is -3.08. The third kappa shape index (κ3) is 3.87. The minimum Gasteiger partial charge on any atom is -0.508 e. The number of hydrogen-bond donors (Lipinski definition) is 2. The highest BCUT2D eigenvalue weighted by Gasteiger charge is 2.24. The normalized spacial score (nSPS) is 10.9. The third-order valence-electron chi connectivity index (χ3n) is 4.85. The second kappa shape index (κ2) is 8.08. The highest BCUT2D eigenvalue weighted by atomic mass is 16.3. The monoisotopic (exact) mass is 363 g/mol. The number of nitrogens with two attached hydrogens (primary N) is 1. The van der Waals surface area contributed by atoms with Gasteiger partial charge in [-0.25, -0.2) is 0 Å². The van der Waals surface area contributed by atoms with Crippen molar-refractivity contribution in [2.45, 2.75) is 39.7 Å². The molecule has 0 fully saturated rings. The Labute approximate surface area is 159 Å². The molecule has 3 N–H and O–H groups in total. The average molecular weight is 363 g/mol. The number of phenolic OH excluding ortho intramolecular Hbond substituents is 1. The molecular formula is C22H25N3O2. The molecule has 0 aliphatic heterocycles. The maximum atomic E-state index is 12.3. The fourth-order valence-corrected chi connectivity index (χ4v) is 3.59. The van der Waals surface area contributed by atoms with Crippen molar-refractivity contribution in [3.05, 3.63) is 71.2 Å². The van der Waals surface area contributed by atoms with Crippen molar-refractivity contribution in [2.75, 3.05) is 0 Å². The molecule has 0 atom stereocenters. The van der Waals surface area contributed by atoms with Gasteiger partial charge in [-0.15, -0.1) is 0 Å². The van der Waals surface area contributed by atoms with Crippen LogP contribution in [0.15, 0.2) is 48.7 Å². The molecule has 1 aromatic carbocycles. The number of benzene rings is 1. The quantitative estimate of drug-likeness (QED) is 0.669. The molecule has 3 rings (SSSR count). The van der Waals surface area contributed by atoms with Crippen LogP contribution < -0.4 is 5.73 Å². The summed E-state index contributed by atoms with van der Waals surface area (Å²) in [5.41, 5.74) is 11.0. The van der Waals surface area contributed by atoms with E-state index >= 15 is 0 Å². The maximum Gasteiger partial charge on any atom is 0.251 e. The fraction of sp³-hybridized carbons (Fsp3) is 0.273. The summed E-state index contributed by atoms with van der Waals surface area (Å²) in [4.78, 5) is 16.7. The van der Waals surface area contributed by atoms with Crippen LogP contribution in [0.4, 0.5) is 0 Å². The molecule has 0 radical (unpaired) electrons. The number of carbonyl (C=O) groups excluding carboxylic acids is 1. The van der Waals surface area contributed by atoms with Gasteiger partial charge < -0.3 is 15.4 Å². The molecule has 0 aliphatic carbocycles. The van der Waals surface area contributed by atoms with Crippen LogP contribution in [0.1, 0.15) is 40.7 Å². The van der Waals surface area contributed by atoms with Crippen molar-refractivity contribution in [1.29, 1.82) is 0 Å². The lowest BCUT2D eigenvalue weighted by Crippen LogP contribution is -2.14. The number of nitrogens with zero attached hydrogens (tertiary/aromatic N) is 2. The van der Waals surface area contributed by atoms with Crippen LogP contribution >= 0.6 is 0 Å². The molecule has 2 aromatic heterocycles. The van der Waals surface area contributed by atoms with Crippen molar-refractivity contribution < 1.29 is 9.90 Å². The van der Waals surface area contributed by atoms with Crippen LogP contribution in [0.3, 0.4) is 0 Å². The standard InChI is InChI=1S/C22H25N3O2/c1-3-6-19-21(18-7-4-5-13-24-18)20(22(23)27)15(2)25(19)14-12-16-8-10-17(26)11-9-16/h4-5,7-11,13,26H,3,6,12,14H2,1-2H3,(H2,23,27). The molecule has 0 saturated carbocycles. The van der Waals surface area contributed by atoms with E-state index in [1.165, 1.54) is 0 Å². The zero-order chi connectivity index (χ0) is 19.4. The Morgan fingerprint density at radius 3 is 2.48 bits per heavy atom. The maximum absolute atomic E-state index is 12.3. The lowest BCUT2D eigenvalue weighted by molar-refractivity contribution is 0.1000. The highest BCUT2D eigenvalue weighted by molar-refractivity contribution is 6.01. The highest BCUT2D eigenvalue weighted by Crippen LogP contribution is 2.32. The van der Waals surface area contributed by atoms with Gasteiger partial charge in [0, 0.05) is 29.7 Å². The number of aryl methyl sites for hydroxylation is 1. The van der Waals surface area contributed by atoms with E-state index < -0.39 is 5.91 Å². The van der Waals surface area contributed by atoms with Crippen LogP contribution in [0, 0.1) is 6.92 Å². The number of hydrogen-bond acceptors (Lipinski definition) is 3. The first kappa shape index (κ1) is 18.7. The molecule has 0 unspecified atom stereocenters. The third-order valence-corrected chi connectivity index (χ3v) is 4.85. The zero-order valence-electron chi connectivity index (χ0n) is 15.8. The lowest BCUT2D eigenvalue weighted by Gasteiger charge is -2.13. The number of phenols is 1. The molecule has 1 amide bonds. The summed E-state index contributed by atoms with van der Waals surface area (Å²) in [5.74, 6) is -0.162. The Balaban J connectivity index is 2.07. The summed E-state index contributed by atoms with van der Waals surface area (Å²) in [6, 6.07) is 12.9. The summed E-state index contributed by atoms with van der Waals surface area (Å²) >= 11 is 0. The van der Waals surface area contributed by atoms with E-state index in [0.29, 0.717) is 5.56 Å². The first-order valence-corrected chi connectivity index (χ1v) is 9.24. The van der Waals surface area contributed by atoms with E-state index in [4.69, 9.17) is 5.73 Å². The fourth-order valence-electron chi connectivity index (χ4n) is 3.59. The summed E-state index contributed by atoms with van der Waals surface area (Å²) in [6.45, 7) is 4.81. The molecule has 2 heterocycles. The van der Waals surface area contributed by atoms with Gasteiger partial charge in [0.1, 0.15) is 5.75 Å². The molecule has 140 valence electrons. The number of aromatic nitrogens is 2. The van der Waals surface area contributed by atoms with E-state index in [-0.39, 0.29) is 5.75 Å². The van der Waals surface area contributed by atoms with Crippen LogP contribution in [-0.4, -0.2) is 20.6 Å². The summed E-state index contributed by atoms with van der Waals surface area (Å²) in [6.07, 6.45) is 4.33. The second-order valence-electron chi connectivity index (χ2n) is 6.68. The van der Waals surface area contributed by atoms with Gasteiger partial charge in [-0.2, -0.15) is 0 Å². The van der Waals surface area contributed by atoms with Gasteiger partial charge in [0.25, 0.3) is 5.91 Å². The van der Waals surface area contributed by atoms with E-state index in [1.807, 2.05) is 37.3 Å². The van der Waals surface area contributed by atoms with Crippen molar-refractivity contribution in [3.8, 4) is 17.0 Å². The van der Waals surface area contributed by atoms with Gasteiger partial charge in [-0.3, -0.25) is 9.78 Å². The van der Waals surface area contributed by atoms with Crippen molar-refractivity contribution >= 4 is 5.91 Å². The van der Waals surface area contributed by atoms with Crippen molar-refractivity contribution in [3.63, 3.8) is 0 Å². The summed E-state index contributed by atoms with van der Waals surface area (Å²) in [7, 11) is 0. The van der Waals surface area contributed by atoms with Crippen LogP contribution in [0.2, 0.25) is 0 Å². The smallest absolute Gasteiger partial charge is 0.251 e. The van der Waals surface area contributed by atoms with Gasteiger partial charge >= 0.3 is 0 Å². The van der Waals surface area contributed by atoms with Gasteiger partial charge in [0.2, 0.25) is 0 Å². The topological polar surface area (TPSA) is 81.1 Å². The van der Waals surface area contributed by atoms with Crippen LogP contribution in [0.25, 0.3) is 11.3 Å². The van der Waals surface area contributed by atoms with Gasteiger partial charge in [-0.1, -0.05) is 31.5 Å². The first-order chi connectivity index (χ1) is 13.0. The second-order valence-corrected chi connectivity index (χ2v) is 6.68. The predicted octanol–water partition coefficient (Wildman–Crippen LogP) is 3.86. The molecule has 27 heavy (non-hydrogen) atoms. The van der Waals surface area contributed by atoms with Gasteiger partial charge in [0.05, 0.1) is 11.3 Å². The van der Waals surface area contributed by atoms with E-state index in [9.17, 15) is 9.90 Å². The molecule has 0 bridgehead atoms. The van der Waals surface area contributed by atoms with Gasteiger partial charge in [-0.05, 0) is 49.6 Å². The predicted molar refractivity (Wildman–Crippen MR) is 107 cm³/mol. The summed E-state index contributed by atoms with van der Waals surface area (Å²) in [5, 5.41) is 9.46. The molecule has 3 aromatic rings. The van der Waals surface area contributed by atoms with E-state index in [2.05, 4.69) is 16.5 Å². The SMILES string of the molecule is CCCc1c(-c2ccccn2)c(C(N)=O)c(C)n1CCc1ccc(O)cc1. The molecule has 5 nitrogen and oxygen atoms in total. The minimum atomic E-state index is -0.422. The number of primary amides is 1. The number of pyridine rings is 1. The number of carbonyl (C=O) groups is 1. The molecule has 0 saturated heterocycles. The van der Waals surface area contributed by atoms with E-state index in [1.54, 1.807) is 18.3 Å². The Morgan fingerprint density at radius 2 is 1.89 bits per heavy atom. The van der Waals surface area contributed by atoms with Crippen molar-refractivity contribution in [1.82, 2.24) is 9.55 Å². The van der Waals surface area contributed by atoms with Gasteiger partial charge in [0.15, 0.2) is 0 Å². The molecule has 0 spiro atoms. The summed E-state index contributed by atoms with van der Waals surface area (Å²) < 4.78 is 2.19. The minimum absolute atomic E-state index is 0.260. The molecule has 0 aliphatic rings. The Morgan fingerprint density at radius 1 is 1.15 bits per heavy atom. The van der Waals surface area contributed by atoms with Crippen LogP contribution in [-0.2, 0) is 19.4 Å². The Kier molecular flexibility index (Phi) is 5.60. The van der Waals surface area contributed by atoms with E-state index in [0.717, 1.165) is 54.0 Å². The molecule has 5 heteroatoms. The number of rotatable bonds is 7. The first-order valence-electron chi connectivity index (χ1n) is 9.24. The zero-order valence-corrected chi connectivity index (χ0v) is 15.8. The lowest BCUT2D eigenvalue weighted by atomic mass is 10.0. The molecular weight excluding hydrogens is 338 g/mol. The van der Waals surface area contributed by atoms with Crippen LogP contribution in [0.5, 0.6) is 5.75 Å². The largest absolute Gasteiger partial charge is 0.508 e.